The molecule has 1 atom stereocenters. The van der Waals surface area contributed by atoms with Gasteiger partial charge < -0.3 is 9.47 Å². The highest BCUT2D eigenvalue weighted by Crippen LogP contribution is 2.40. The summed E-state index contributed by atoms with van der Waals surface area (Å²) < 4.78 is 66.6. The monoisotopic (exact) mass is 478 g/mol. The fraction of sp³-hybridized carbons (Fsp3) is 0.455. The molecule has 2 fully saturated rings. The van der Waals surface area contributed by atoms with Crippen LogP contribution in [0.3, 0.4) is 0 Å². The quantitative estimate of drug-likeness (QED) is 0.656. The Morgan fingerprint density at radius 3 is 2.03 bits per heavy atom. The molecule has 2 aromatic carbocycles. The van der Waals surface area contributed by atoms with E-state index in [9.17, 15) is 16.8 Å². The molecule has 3 heterocycles. The van der Waals surface area contributed by atoms with E-state index >= 15 is 0 Å². The highest BCUT2D eigenvalue weighted by atomic mass is 32.2. The Labute approximate surface area is 188 Å². The molecule has 0 amide bonds. The molecule has 3 aliphatic rings. The van der Waals surface area contributed by atoms with E-state index in [1.165, 1.54) is 32.9 Å². The van der Waals surface area contributed by atoms with Gasteiger partial charge >= 0.3 is 0 Å². The fourth-order valence-corrected chi connectivity index (χ4v) is 7.82. The number of hydrogen-bond donors (Lipinski definition) is 0. The fourth-order valence-electron chi connectivity index (χ4n) is 4.62. The van der Waals surface area contributed by atoms with Crippen molar-refractivity contribution in [1.82, 2.24) is 8.61 Å². The Bertz CT molecular complexity index is 1210. The Morgan fingerprint density at radius 1 is 0.719 bits per heavy atom. The lowest BCUT2D eigenvalue weighted by atomic mass is 10.0. The van der Waals surface area contributed by atoms with Gasteiger partial charge in [-0.2, -0.15) is 8.61 Å². The minimum atomic E-state index is -3.79. The third-order valence-corrected chi connectivity index (χ3v) is 10.1. The molecule has 2 saturated heterocycles. The van der Waals surface area contributed by atoms with Crippen molar-refractivity contribution >= 4 is 20.0 Å². The predicted octanol–water partition coefficient (Wildman–Crippen LogP) is 2.77. The smallest absolute Gasteiger partial charge is 0.243 e. The van der Waals surface area contributed by atoms with E-state index in [0.29, 0.717) is 50.8 Å². The Hall–Kier alpha value is -2.14. The molecule has 172 valence electrons. The van der Waals surface area contributed by atoms with Crippen molar-refractivity contribution in [1.29, 1.82) is 0 Å². The average Bonchev–Trinajstić information content (AvgIpc) is 3.52. The summed E-state index contributed by atoms with van der Waals surface area (Å²) in [6, 6.07) is 10.9. The zero-order valence-corrected chi connectivity index (χ0v) is 19.3. The van der Waals surface area contributed by atoms with Crippen LogP contribution in [0.2, 0.25) is 0 Å². The first kappa shape index (κ1) is 21.7. The van der Waals surface area contributed by atoms with Gasteiger partial charge in [0.25, 0.3) is 0 Å². The third-order valence-electron chi connectivity index (χ3n) is 6.29. The van der Waals surface area contributed by atoms with E-state index in [4.69, 9.17) is 9.47 Å². The molecule has 0 radical (unpaired) electrons. The molecule has 0 N–H and O–H groups in total. The number of fused-ring (bicyclic) bond motifs is 1. The molecule has 8 nitrogen and oxygen atoms in total. The van der Waals surface area contributed by atoms with Gasteiger partial charge in [-0.15, -0.1) is 0 Å². The number of rotatable bonds is 5. The number of hydrogen-bond acceptors (Lipinski definition) is 6. The minimum absolute atomic E-state index is 0.0994. The number of nitrogens with zero attached hydrogens (tertiary/aromatic N) is 2. The van der Waals surface area contributed by atoms with Gasteiger partial charge in [-0.25, -0.2) is 16.8 Å². The molecule has 0 aromatic heterocycles. The predicted molar refractivity (Wildman–Crippen MR) is 118 cm³/mol. The van der Waals surface area contributed by atoms with Gasteiger partial charge in [-0.1, -0.05) is 6.07 Å². The lowest BCUT2D eigenvalue weighted by Crippen LogP contribution is -2.31. The van der Waals surface area contributed by atoms with Gasteiger partial charge in [0.15, 0.2) is 11.5 Å². The summed E-state index contributed by atoms with van der Waals surface area (Å²) in [5.74, 6) is 1.30. The summed E-state index contributed by atoms with van der Waals surface area (Å²) in [7, 11) is -7.37. The van der Waals surface area contributed by atoms with Crippen molar-refractivity contribution in [2.45, 2.75) is 41.5 Å². The maximum absolute atomic E-state index is 13.4. The molecule has 2 aromatic rings. The number of ether oxygens (including phenoxy) is 2. The number of sulfonamides is 2. The second-order valence-electron chi connectivity index (χ2n) is 8.26. The lowest BCUT2D eigenvalue weighted by Gasteiger charge is -2.26. The molecule has 0 unspecified atom stereocenters. The second kappa shape index (κ2) is 8.33. The summed E-state index contributed by atoms with van der Waals surface area (Å²) in [6.45, 7) is 2.39. The SMILES string of the molecule is O=S(=O)(c1ccc(S(=O)(=O)N2CCC[C@H]2c2ccc3c(c2)OCCO3)cc1)N1CCCC1. The molecule has 5 rings (SSSR count). The van der Waals surface area contributed by atoms with Crippen molar-refractivity contribution in [2.24, 2.45) is 0 Å². The maximum atomic E-state index is 13.4. The molecule has 0 bridgehead atoms. The van der Waals surface area contributed by atoms with Crippen LogP contribution in [0.25, 0.3) is 0 Å². The highest BCUT2D eigenvalue weighted by molar-refractivity contribution is 7.89. The summed E-state index contributed by atoms with van der Waals surface area (Å²) >= 11 is 0. The van der Waals surface area contributed by atoms with Gasteiger partial charge in [0, 0.05) is 19.6 Å². The van der Waals surface area contributed by atoms with Gasteiger partial charge in [0.1, 0.15) is 13.2 Å². The van der Waals surface area contributed by atoms with Crippen molar-refractivity contribution in [2.75, 3.05) is 32.8 Å². The topological polar surface area (TPSA) is 93.2 Å². The van der Waals surface area contributed by atoms with Crippen LogP contribution in [0.1, 0.15) is 37.3 Å². The summed E-state index contributed by atoms with van der Waals surface area (Å²) in [6.07, 6.45) is 3.16. The largest absolute Gasteiger partial charge is 0.486 e. The first-order valence-electron chi connectivity index (χ1n) is 10.9. The highest BCUT2D eigenvalue weighted by Gasteiger charge is 2.37. The van der Waals surface area contributed by atoms with E-state index in [2.05, 4.69) is 0 Å². The van der Waals surface area contributed by atoms with E-state index in [-0.39, 0.29) is 15.8 Å². The standard InChI is InChI=1S/C22H26N2O6S2/c25-31(26,23-11-1-2-12-23)18-6-8-19(9-7-18)32(27,28)24-13-3-4-20(24)17-5-10-21-22(16-17)30-15-14-29-21/h5-10,16,20H,1-4,11-15H2/t20-/m0/s1. The van der Waals surface area contributed by atoms with Gasteiger partial charge in [-0.05, 0) is 67.6 Å². The van der Waals surface area contributed by atoms with Crippen LogP contribution in [0.5, 0.6) is 11.5 Å². The van der Waals surface area contributed by atoms with Crippen LogP contribution < -0.4 is 9.47 Å². The van der Waals surface area contributed by atoms with Gasteiger partial charge in [-0.3, -0.25) is 0 Å². The van der Waals surface area contributed by atoms with E-state index in [1.54, 1.807) is 0 Å². The summed E-state index contributed by atoms with van der Waals surface area (Å²) in [5.41, 5.74) is 0.864. The zero-order chi connectivity index (χ0) is 22.3. The van der Waals surface area contributed by atoms with Crippen molar-refractivity contribution in [3.8, 4) is 11.5 Å². The van der Waals surface area contributed by atoms with Crippen LogP contribution in [0, 0.1) is 0 Å². The average molecular weight is 479 g/mol. The molecule has 0 aliphatic carbocycles. The van der Waals surface area contributed by atoms with Crippen molar-refractivity contribution in [3.05, 3.63) is 48.0 Å². The second-order valence-corrected chi connectivity index (χ2v) is 12.1. The molecular formula is C22H26N2O6S2. The Morgan fingerprint density at radius 2 is 1.34 bits per heavy atom. The van der Waals surface area contributed by atoms with Crippen LogP contribution in [0.4, 0.5) is 0 Å². The van der Waals surface area contributed by atoms with Gasteiger partial charge in [0.2, 0.25) is 20.0 Å². The van der Waals surface area contributed by atoms with Crippen LogP contribution in [-0.4, -0.2) is 58.3 Å². The number of benzene rings is 2. The van der Waals surface area contributed by atoms with Crippen LogP contribution >= 0.6 is 0 Å². The minimum Gasteiger partial charge on any atom is -0.486 e. The van der Waals surface area contributed by atoms with E-state index in [0.717, 1.165) is 24.8 Å². The Kier molecular flexibility index (Phi) is 5.65. The van der Waals surface area contributed by atoms with Crippen LogP contribution in [0.15, 0.2) is 52.3 Å². The first-order chi connectivity index (χ1) is 15.4. The lowest BCUT2D eigenvalue weighted by molar-refractivity contribution is 0.171. The van der Waals surface area contributed by atoms with E-state index < -0.39 is 20.0 Å². The summed E-state index contributed by atoms with van der Waals surface area (Å²) in [5, 5.41) is 0. The Balaban J connectivity index is 1.41. The molecule has 0 spiro atoms. The molecule has 10 heteroatoms. The van der Waals surface area contributed by atoms with E-state index in [1.807, 2.05) is 18.2 Å². The third kappa shape index (κ3) is 3.79. The first-order valence-corrected chi connectivity index (χ1v) is 13.8. The van der Waals surface area contributed by atoms with Crippen molar-refractivity contribution in [3.63, 3.8) is 0 Å². The zero-order valence-electron chi connectivity index (χ0n) is 17.6. The van der Waals surface area contributed by atoms with Crippen molar-refractivity contribution < 1.29 is 26.3 Å². The molecule has 32 heavy (non-hydrogen) atoms. The molecule has 3 aliphatic heterocycles. The molecular weight excluding hydrogens is 452 g/mol. The maximum Gasteiger partial charge on any atom is 0.243 e. The molecule has 0 saturated carbocycles. The van der Waals surface area contributed by atoms with Gasteiger partial charge in [0.05, 0.1) is 15.8 Å². The van der Waals surface area contributed by atoms with Crippen LogP contribution in [-0.2, 0) is 20.0 Å². The summed E-state index contributed by atoms with van der Waals surface area (Å²) in [4.78, 5) is 0.227. The normalized spacial score (nSPS) is 22.3.